The van der Waals surface area contributed by atoms with E-state index in [1.54, 1.807) is 25.3 Å². The highest BCUT2D eigenvalue weighted by molar-refractivity contribution is 6.31. The van der Waals surface area contributed by atoms with Crippen molar-refractivity contribution in [2.75, 3.05) is 7.11 Å². The second-order valence-corrected chi connectivity index (χ2v) is 4.93. The van der Waals surface area contributed by atoms with Gasteiger partial charge in [-0.2, -0.15) is 0 Å². The Hall–Kier alpha value is -1.87. The summed E-state index contributed by atoms with van der Waals surface area (Å²) >= 11 is 5.93. The zero-order valence-electron chi connectivity index (χ0n) is 11.2. The van der Waals surface area contributed by atoms with E-state index in [2.05, 4.69) is 0 Å². The van der Waals surface area contributed by atoms with Crippen LogP contribution in [0.2, 0.25) is 5.02 Å². The van der Waals surface area contributed by atoms with Crippen molar-refractivity contribution in [3.63, 3.8) is 0 Å². The van der Waals surface area contributed by atoms with Crippen LogP contribution in [0, 0.1) is 12.7 Å². The molecule has 0 amide bonds. The molecule has 2 aromatic carbocycles. The molecule has 0 aromatic heterocycles. The molecule has 0 saturated heterocycles. The second-order valence-electron chi connectivity index (χ2n) is 4.52. The second kappa shape index (κ2) is 6.06. The summed E-state index contributed by atoms with van der Waals surface area (Å²) in [5, 5.41) is 0.267. The van der Waals surface area contributed by atoms with Gasteiger partial charge in [-0.25, -0.2) is 4.39 Å². The zero-order chi connectivity index (χ0) is 14.7. The Morgan fingerprint density at radius 1 is 1.25 bits per heavy atom. The van der Waals surface area contributed by atoms with Crippen molar-refractivity contribution in [1.82, 2.24) is 0 Å². The summed E-state index contributed by atoms with van der Waals surface area (Å²) < 4.78 is 18.1. The van der Waals surface area contributed by atoms with Crippen LogP contribution in [0.4, 0.5) is 4.39 Å². The van der Waals surface area contributed by atoms with E-state index < -0.39 is 5.82 Å². The molecule has 2 rings (SSSR count). The van der Waals surface area contributed by atoms with Gasteiger partial charge in [0.15, 0.2) is 5.78 Å². The van der Waals surface area contributed by atoms with Crippen LogP contribution >= 0.6 is 11.6 Å². The van der Waals surface area contributed by atoms with Crippen molar-refractivity contribution in [3.05, 3.63) is 63.9 Å². The van der Waals surface area contributed by atoms with Crippen molar-refractivity contribution in [3.8, 4) is 5.75 Å². The lowest BCUT2D eigenvalue weighted by atomic mass is 10.0. The minimum absolute atomic E-state index is 0.0655. The molecular weight excluding hydrogens is 279 g/mol. The molecule has 0 unspecified atom stereocenters. The number of ketones is 1. The smallest absolute Gasteiger partial charge is 0.167 e. The van der Waals surface area contributed by atoms with Crippen LogP contribution in [-0.2, 0) is 6.42 Å². The quantitative estimate of drug-likeness (QED) is 0.789. The number of carbonyl (C=O) groups excluding carboxylic acids is 1. The molecule has 104 valence electrons. The van der Waals surface area contributed by atoms with Crippen molar-refractivity contribution in [2.24, 2.45) is 0 Å². The Bertz CT molecular complexity index is 653. The molecule has 0 aliphatic carbocycles. The van der Waals surface area contributed by atoms with Gasteiger partial charge in [0.2, 0.25) is 0 Å². The Labute approximate surface area is 122 Å². The van der Waals surface area contributed by atoms with Gasteiger partial charge in [-0.3, -0.25) is 4.79 Å². The zero-order valence-corrected chi connectivity index (χ0v) is 12.0. The maximum Gasteiger partial charge on any atom is 0.167 e. The minimum Gasteiger partial charge on any atom is -0.496 e. The molecular formula is C16H14ClFO2. The first-order valence-corrected chi connectivity index (χ1v) is 6.51. The van der Waals surface area contributed by atoms with Gasteiger partial charge in [0.05, 0.1) is 7.11 Å². The van der Waals surface area contributed by atoms with E-state index in [4.69, 9.17) is 16.3 Å². The SMILES string of the molecule is COc1ccc(C(=O)Cc2ccc(F)cc2Cl)cc1C. The number of hydrogen-bond donors (Lipinski definition) is 0. The molecule has 0 aliphatic heterocycles. The van der Waals surface area contributed by atoms with E-state index in [9.17, 15) is 9.18 Å². The number of ether oxygens (including phenoxy) is 1. The van der Waals surface area contributed by atoms with Crippen LogP contribution < -0.4 is 4.74 Å². The Kier molecular flexibility index (Phi) is 4.40. The number of aryl methyl sites for hydroxylation is 1. The third-order valence-electron chi connectivity index (χ3n) is 3.08. The van der Waals surface area contributed by atoms with E-state index >= 15 is 0 Å². The number of Topliss-reactive ketones (excluding diaryl/α,β-unsaturated/α-hetero) is 1. The Morgan fingerprint density at radius 2 is 2.00 bits per heavy atom. The van der Waals surface area contributed by atoms with Crippen LogP contribution in [0.3, 0.4) is 0 Å². The molecule has 20 heavy (non-hydrogen) atoms. The molecule has 0 radical (unpaired) electrons. The Morgan fingerprint density at radius 3 is 2.60 bits per heavy atom. The highest BCUT2D eigenvalue weighted by Gasteiger charge is 2.11. The molecule has 4 heteroatoms. The molecule has 2 aromatic rings. The van der Waals surface area contributed by atoms with Crippen molar-refractivity contribution < 1.29 is 13.9 Å². The van der Waals surface area contributed by atoms with Crippen LogP contribution in [-0.4, -0.2) is 12.9 Å². The minimum atomic E-state index is -0.411. The lowest BCUT2D eigenvalue weighted by Gasteiger charge is -2.08. The van der Waals surface area contributed by atoms with E-state index in [0.717, 1.165) is 11.3 Å². The van der Waals surface area contributed by atoms with Crippen LogP contribution in [0.1, 0.15) is 21.5 Å². The van der Waals surface area contributed by atoms with Crippen LogP contribution in [0.5, 0.6) is 5.75 Å². The molecule has 0 fully saturated rings. The third kappa shape index (κ3) is 3.17. The number of carbonyl (C=O) groups is 1. The van der Waals surface area contributed by atoms with Gasteiger partial charge in [0, 0.05) is 17.0 Å². The predicted octanol–water partition coefficient (Wildman–Crippen LogP) is 4.22. The summed E-state index contributed by atoms with van der Waals surface area (Å²) in [6.45, 7) is 1.88. The van der Waals surface area contributed by atoms with Gasteiger partial charge in [-0.15, -0.1) is 0 Å². The highest BCUT2D eigenvalue weighted by atomic mass is 35.5. The lowest BCUT2D eigenvalue weighted by molar-refractivity contribution is 0.0993. The van der Waals surface area contributed by atoms with Crippen molar-refractivity contribution >= 4 is 17.4 Å². The average Bonchev–Trinajstić information content (AvgIpc) is 2.41. The highest BCUT2D eigenvalue weighted by Crippen LogP contribution is 2.22. The van der Waals surface area contributed by atoms with Gasteiger partial charge in [0.25, 0.3) is 0 Å². The summed E-state index contributed by atoms with van der Waals surface area (Å²) in [5.41, 5.74) is 2.10. The van der Waals surface area contributed by atoms with Crippen LogP contribution in [0.25, 0.3) is 0 Å². The molecule has 0 aliphatic rings. The summed E-state index contributed by atoms with van der Waals surface area (Å²) in [5.74, 6) is 0.261. The first-order valence-electron chi connectivity index (χ1n) is 6.13. The maximum atomic E-state index is 13.0. The van der Waals surface area contributed by atoms with Gasteiger partial charge in [0.1, 0.15) is 11.6 Å². The topological polar surface area (TPSA) is 26.3 Å². The van der Waals surface area contributed by atoms with Gasteiger partial charge < -0.3 is 4.74 Å². The normalized spacial score (nSPS) is 10.4. The van der Waals surface area contributed by atoms with Gasteiger partial charge >= 0.3 is 0 Å². The summed E-state index contributed by atoms with van der Waals surface area (Å²) in [4.78, 5) is 12.2. The maximum absolute atomic E-state index is 13.0. The molecule has 0 heterocycles. The van der Waals surface area contributed by atoms with E-state index in [-0.39, 0.29) is 17.2 Å². The largest absolute Gasteiger partial charge is 0.496 e. The number of methoxy groups -OCH3 is 1. The molecule has 0 saturated carbocycles. The molecule has 0 atom stereocenters. The fourth-order valence-electron chi connectivity index (χ4n) is 1.99. The lowest BCUT2D eigenvalue weighted by Crippen LogP contribution is -2.05. The number of benzene rings is 2. The summed E-state index contributed by atoms with van der Waals surface area (Å²) in [6.07, 6.45) is 0.144. The van der Waals surface area contributed by atoms with Crippen molar-refractivity contribution in [1.29, 1.82) is 0 Å². The van der Waals surface area contributed by atoms with E-state index in [1.165, 1.54) is 18.2 Å². The molecule has 2 nitrogen and oxygen atoms in total. The average molecular weight is 293 g/mol. The predicted molar refractivity (Wildman–Crippen MR) is 77.2 cm³/mol. The van der Waals surface area contributed by atoms with Crippen molar-refractivity contribution in [2.45, 2.75) is 13.3 Å². The molecule has 0 N–H and O–H groups in total. The third-order valence-corrected chi connectivity index (χ3v) is 3.43. The molecule has 0 bridgehead atoms. The fourth-order valence-corrected chi connectivity index (χ4v) is 2.23. The first-order chi connectivity index (χ1) is 9.51. The summed E-state index contributed by atoms with van der Waals surface area (Å²) in [7, 11) is 1.59. The van der Waals surface area contributed by atoms with Gasteiger partial charge in [-0.1, -0.05) is 17.7 Å². The standard InChI is InChI=1S/C16H14ClFO2/c1-10-7-12(4-6-16(10)20-2)15(19)8-11-3-5-13(18)9-14(11)17/h3-7,9H,8H2,1-2H3. The number of halogens is 2. The number of rotatable bonds is 4. The monoisotopic (exact) mass is 292 g/mol. The van der Waals surface area contributed by atoms with Crippen LogP contribution in [0.15, 0.2) is 36.4 Å². The summed E-state index contributed by atoms with van der Waals surface area (Å²) in [6, 6.07) is 9.29. The Balaban J connectivity index is 2.21. The number of hydrogen-bond acceptors (Lipinski definition) is 2. The fraction of sp³-hybridized carbons (Fsp3) is 0.188. The van der Waals surface area contributed by atoms with Gasteiger partial charge in [-0.05, 0) is 48.4 Å². The van der Waals surface area contributed by atoms with E-state index in [0.29, 0.717) is 11.1 Å². The molecule has 0 spiro atoms. The first kappa shape index (κ1) is 14.5. The van der Waals surface area contributed by atoms with E-state index in [1.807, 2.05) is 6.92 Å².